The van der Waals surface area contributed by atoms with Crippen LogP contribution in [0.4, 0.5) is 11.4 Å². The highest BCUT2D eigenvalue weighted by Crippen LogP contribution is 2.60. The number of ketones is 1. The van der Waals surface area contributed by atoms with Crippen molar-refractivity contribution in [3.63, 3.8) is 0 Å². The summed E-state index contributed by atoms with van der Waals surface area (Å²) in [6, 6.07) is 4.39. The SMILES string of the molecule is C[C@H](OC(=O)c1ccc(N2CCOCC2)c([N+](=O)[O-])c1)C(=O)C12CC3CC(CC(C3)C1)C2. The highest BCUT2D eigenvalue weighted by atomic mass is 16.6. The van der Waals surface area contributed by atoms with Gasteiger partial charge in [0.2, 0.25) is 0 Å². The Morgan fingerprint density at radius 3 is 2.28 bits per heavy atom. The zero-order chi connectivity index (χ0) is 22.5. The monoisotopic (exact) mass is 442 g/mol. The summed E-state index contributed by atoms with van der Waals surface area (Å²) in [6.45, 7) is 3.77. The first-order valence-corrected chi connectivity index (χ1v) is 11.7. The summed E-state index contributed by atoms with van der Waals surface area (Å²) in [6.07, 6.45) is 5.61. The van der Waals surface area contributed by atoms with Gasteiger partial charge in [-0.1, -0.05) is 0 Å². The van der Waals surface area contributed by atoms with E-state index in [-0.39, 0.29) is 22.4 Å². The van der Waals surface area contributed by atoms with Gasteiger partial charge in [0.05, 0.1) is 23.7 Å². The largest absolute Gasteiger partial charge is 0.451 e. The molecule has 4 aliphatic carbocycles. The zero-order valence-corrected chi connectivity index (χ0v) is 18.5. The van der Waals surface area contributed by atoms with Crippen LogP contribution in [0, 0.1) is 33.3 Å². The minimum atomic E-state index is -0.850. The van der Waals surface area contributed by atoms with E-state index in [1.165, 1.54) is 25.3 Å². The van der Waals surface area contributed by atoms with Crippen molar-refractivity contribution in [3.05, 3.63) is 33.9 Å². The molecule has 32 heavy (non-hydrogen) atoms. The lowest BCUT2D eigenvalue weighted by molar-refractivity contribution is -0.384. The maximum Gasteiger partial charge on any atom is 0.339 e. The number of hydrogen-bond acceptors (Lipinski definition) is 7. The second-order valence-electron chi connectivity index (χ2n) is 10.2. The summed E-state index contributed by atoms with van der Waals surface area (Å²) in [7, 11) is 0. The summed E-state index contributed by atoms with van der Waals surface area (Å²) in [5, 5.41) is 11.7. The van der Waals surface area contributed by atoms with Crippen molar-refractivity contribution in [2.24, 2.45) is 23.2 Å². The average molecular weight is 443 g/mol. The Kier molecular flexibility index (Phi) is 5.43. The standard InChI is InChI=1S/C24H30N2O6/c1-15(22(27)24-12-16-8-17(13-24)10-18(9-16)14-24)32-23(28)19-2-3-20(21(11-19)26(29)30)25-4-6-31-7-5-25/h2-3,11,15-18H,4-10,12-14H2,1H3/t15-,16?,17?,18?,24?/m0/s1. The van der Waals surface area contributed by atoms with Crippen LogP contribution in [-0.4, -0.2) is 49.1 Å². The van der Waals surface area contributed by atoms with Gasteiger partial charge in [-0.25, -0.2) is 4.79 Å². The third-order valence-corrected chi connectivity index (χ3v) is 7.97. The van der Waals surface area contributed by atoms with Crippen LogP contribution < -0.4 is 4.90 Å². The summed E-state index contributed by atoms with van der Waals surface area (Å²) < 4.78 is 10.9. The number of anilines is 1. The highest BCUT2D eigenvalue weighted by molar-refractivity contribution is 5.95. The molecule has 1 atom stereocenters. The fraction of sp³-hybridized carbons (Fsp3) is 0.667. The molecule has 0 aromatic heterocycles. The number of esters is 1. The Hall–Kier alpha value is -2.48. The summed E-state index contributed by atoms with van der Waals surface area (Å²) >= 11 is 0. The predicted molar refractivity (Wildman–Crippen MR) is 117 cm³/mol. The van der Waals surface area contributed by atoms with Gasteiger partial charge in [-0.2, -0.15) is 0 Å². The second-order valence-corrected chi connectivity index (χ2v) is 10.2. The first-order valence-electron chi connectivity index (χ1n) is 11.7. The molecule has 5 fully saturated rings. The molecule has 0 spiro atoms. The molecule has 1 aromatic rings. The number of nitro groups is 1. The van der Waals surface area contributed by atoms with Gasteiger partial charge < -0.3 is 14.4 Å². The van der Waals surface area contributed by atoms with Gasteiger partial charge >= 0.3 is 5.97 Å². The molecule has 1 heterocycles. The number of ether oxygens (including phenoxy) is 2. The van der Waals surface area contributed by atoms with Gasteiger partial charge in [-0.3, -0.25) is 14.9 Å². The molecule has 8 nitrogen and oxygen atoms in total. The van der Waals surface area contributed by atoms with E-state index in [2.05, 4.69) is 0 Å². The number of hydrogen-bond donors (Lipinski definition) is 0. The molecule has 1 saturated heterocycles. The van der Waals surface area contributed by atoms with E-state index >= 15 is 0 Å². The molecule has 4 bridgehead atoms. The smallest absolute Gasteiger partial charge is 0.339 e. The molecule has 0 unspecified atom stereocenters. The zero-order valence-electron chi connectivity index (χ0n) is 18.5. The Morgan fingerprint density at radius 2 is 1.72 bits per heavy atom. The summed E-state index contributed by atoms with van der Waals surface area (Å²) in [5.74, 6) is 1.23. The van der Waals surface area contributed by atoms with Gasteiger partial charge in [0.25, 0.3) is 5.69 Å². The number of rotatable bonds is 6. The topological polar surface area (TPSA) is 99.0 Å². The van der Waals surface area contributed by atoms with E-state index in [9.17, 15) is 19.7 Å². The first-order chi connectivity index (χ1) is 15.3. The molecule has 5 aliphatic rings. The molecule has 6 rings (SSSR count). The number of morpholine rings is 1. The number of carbonyl (C=O) groups excluding carboxylic acids is 2. The molecular formula is C24H30N2O6. The third-order valence-electron chi connectivity index (χ3n) is 7.97. The van der Waals surface area contributed by atoms with Crippen molar-refractivity contribution in [2.75, 3.05) is 31.2 Å². The van der Waals surface area contributed by atoms with Crippen LogP contribution in [0.1, 0.15) is 55.8 Å². The lowest BCUT2D eigenvalue weighted by Gasteiger charge is -2.56. The maximum absolute atomic E-state index is 13.4. The Balaban J connectivity index is 1.30. The molecule has 1 aromatic carbocycles. The number of Topliss-reactive ketones (excluding diaryl/α,β-unsaturated/α-hetero) is 1. The van der Waals surface area contributed by atoms with Crippen LogP contribution in [-0.2, 0) is 14.3 Å². The Labute approximate surface area is 187 Å². The average Bonchev–Trinajstić information content (AvgIpc) is 2.77. The molecular weight excluding hydrogens is 412 g/mol. The molecule has 0 radical (unpaired) electrons. The van der Waals surface area contributed by atoms with Crippen molar-refractivity contribution in [1.29, 1.82) is 0 Å². The lowest BCUT2D eigenvalue weighted by Crippen LogP contribution is -2.52. The summed E-state index contributed by atoms with van der Waals surface area (Å²) in [4.78, 5) is 39.3. The number of nitro benzene ring substituents is 1. The van der Waals surface area contributed by atoms with Crippen LogP contribution in [0.2, 0.25) is 0 Å². The van der Waals surface area contributed by atoms with E-state index in [0.717, 1.165) is 19.3 Å². The number of benzene rings is 1. The van der Waals surface area contributed by atoms with Crippen LogP contribution in [0.15, 0.2) is 18.2 Å². The molecule has 4 saturated carbocycles. The van der Waals surface area contributed by atoms with Crippen LogP contribution in [0.5, 0.6) is 0 Å². The lowest BCUT2D eigenvalue weighted by atomic mass is 9.48. The highest BCUT2D eigenvalue weighted by Gasteiger charge is 2.55. The normalized spacial score (nSPS) is 31.9. The minimum Gasteiger partial charge on any atom is -0.451 e. The van der Waals surface area contributed by atoms with Crippen molar-refractivity contribution >= 4 is 23.1 Å². The van der Waals surface area contributed by atoms with Gasteiger partial charge in [-0.15, -0.1) is 0 Å². The minimum absolute atomic E-state index is 0.0318. The van der Waals surface area contributed by atoms with Gasteiger partial charge in [0.1, 0.15) is 5.69 Å². The van der Waals surface area contributed by atoms with Gasteiger partial charge in [0.15, 0.2) is 11.9 Å². The molecule has 0 N–H and O–H groups in total. The molecule has 172 valence electrons. The van der Waals surface area contributed by atoms with Crippen molar-refractivity contribution < 1.29 is 24.0 Å². The molecule has 1 aliphatic heterocycles. The Bertz CT molecular complexity index is 903. The second kappa shape index (κ2) is 8.14. The molecule has 0 amide bonds. The Morgan fingerprint density at radius 1 is 1.12 bits per heavy atom. The maximum atomic E-state index is 13.4. The van der Waals surface area contributed by atoms with E-state index in [4.69, 9.17) is 9.47 Å². The van der Waals surface area contributed by atoms with Crippen molar-refractivity contribution in [2.45, 2.75) is 51.6 Å². The van der Waals surface area contributed by atoms with Crippen molar-refractivity contribution in [3.8, 4) is 0 Å². The first kappa shape index (κ1) is 21.4. The summed E-state index contributed by atoms with van der Waals surface area (Å²) in [5.41, 5.74) is 0.0773. The fourth-order valence-corrected chi connectivity index (χ4v) is 6.99. The number of nitrogens with zero attached hydrogens (tertiary/aromatic N) is 2. The van der Waals surface area contributed by atoms with Crippen LogP contribution in [0.3, 0.4) is 0 Å². The van der Waals surface area contributed by atoms with E-state index in [1.807, 2.05) is 4.90 Å². The predicted octanol–water partition coefficient (Wildman–Crippen LogP) is 3.76. The van der Waals surface area contributed by atoms with E-state index < -0.39 is 17.0 Å². The van der Waals surface area contributed by atoms with Crippen LogP contribution in [0.25, 0.3) is 0 Å². The number of carbonyl (C=O) groups is 2. The quantitative estimate of drug-likeness (QED) is 0.376. The van der Waals surface area contributed by atoms with Crippen LogP contribution >= 0.6 is 0 Å². The van der Waals surface area contributed by atoms with E-state index in [0.29, 0.717) is 49.7 Å². The van der Waals surface area contributed by atoms with E-state index in [1.54, 1.807) is 19.1 Å². The van der Waals surface area contributed by atoms with Gasteiger partial charge in [-0.05, 0) is 75.3 Å². The van der Waals surface area contributed by atoms with Gasteiger partial charge in [0, 0.05) is 24.6 Å². The third kappa shape index (κ3) is 3.78. The fourth-order valence-electron chi connectivity index (χ4n) is 6.99. The van der Waals surface area contributed by atoms with Crippen molar-refractivity contribution in [1.82, 2.24) is 0 Å². The molecule has 8 heteroatoms.